The van der Waals surface area contributed by atoms with Gasteiger partial charge in [-0.15, -0.1) is 11.6 Å². The van der Waals surface area contributed by atoms with Gasteiger partial charge in [-0.3, -0.25) is 25.1 Å². The zero-order chi connectivity index (χ0) is 18.1. The number of hydrogen-bond donors (Lipinski definition) is 2. The molecule has 8 nitrogen and oxygen atoms in total. The van der Waals surface area contributed by atoms with E-state index in [-0.39, 0.29) is 5.69 Å². The Hall–Kier alpha value is -3.13. The van der Waals surface area contributed by atoms with Crippen LogP contribution in [0.4, 0.5) is 11.4 Å². The fourth-order valence-electron chi connectivity index (χ4n) is 2.50. The third-order valence-electron chi connectivity index (χ3n) is 3.87. The van der Waals surface area contributed by atoms with Gasteiger partial charge in [0.15, 0.2) is 0 Å². The Balaban J connectivity index is 1.78. The molecule has 2 unspecified atom stereocenters. The number of β-lactam (4-membered cyclic amide) rings is 1. The summed E-state index contributed by atoms with van der Waals surface area (Å²) < 4.78 is 0. The fraction of sp³-hybridized carbons (Fsp3) is 0.125. The van der Waals surface area contributed by atoms with E-state index >= 15 is 0 Å². The molecule has 3 N–H and O–H groups in total. The van der Waals surface area contributed by atoms with E-state index < -0.39 is 28.2 Å². The molecule has 0 aliphatic carbocycles. The molecule has 0 saturated carbocycles. The molecule has 1 fully saturated rings. The number of carbonyl (C=O) groups excluding carboxylic acids is 2. The minimum absolute atomic E-state index is 0.0713. The fourth-order valence-corrected chi connectivity index (χ4v) is 2.86. The van der Waals surface area contributed by atoms with E-state index in [0.29, 0.717) is 16.8 Å². The Bertz CT molecular complexity index is 838. The van der Waals surface area contributed by atoms with Crippen LogP contribution in [0.15, 0.2) is 48.5 Å². The molecule has 2 amide bonds. The van der Waals surface area contributed by atoms with Crippen LogP contribution in [0.2, 0.25) is 0 Å². The number of nitrogens with zero attached hydrogens (tertiary/aromatic N) is 2. The maximum absolute atomic E-state index is 12.3. The number of hydrazine groups is 1. The second kappa shape index (κ2) is 6.40. The van der Waals surface area contributed by atoms with E-state index in [0.717, 1.165) is 5.01 Å². The first-order valence-corrected chi connectivity index (χ1v) is 7.70. The van der Waals surface area contributed by atoms with Gasteiger partial charge in [0.1, 0.15) is 11.4 Å². The molecule has 128 valence electrons. The van der Waals surface area contributed by atoms with Gasteiger partial charge in [-0.2, -0.15) is 0 Å². The molecule has 2 aromatic carbocycles. The molecule has 0 bridgehead atoms. The Morgan fingerprint density at radius 3 is 2.32 bits per heavy atom. The smallest absolute Gasteiger partial charge is 0.269 e. The SMILES string of the molecule is Nc1ccc(C(=O)NN2C(=O)C(Cl)C2c2ccc([N+](=O)[O-])cc2)cc1. The summed E-state index contributed by atoms with van der Waals surface area (Å²) in [6, 6.07) is 11.3. The normalized spacial score (nSPS) is 19.2. The van der Waals surface area contributed by atoms with Crippen LogP contribution in [-0.4, -0.2) is 27.1 Å². The maximum atomic E-state index is 12.3. The Morgan fingerprint density at radius 2 is 1.76 bits per heavy atom. The summed E-state index contributed by atoms with van der Waals surface area (Å²) in [5.41, 5.74) is 9.44. The molecule has 0 aromatic heterocycles. The van der Waals surface area contributed by atoms with Crippen LogP contribution in [0, 0.1) is 10.1 Å². The van der Waals surface area contributed by atoms with Crippen LogP contribution in [0.25, 0.3) is 0 Å². The molecule has 1 aliphatic rings. The van der Waals surface area contributed by atoms with Gasteiger partial charge in [0.2, 0.25) is 0 Å². The van der Waals surface area contributed by atoms with Crippen molar-refractivity contribution in [2.75, 3.05) is 5.73 Å². The highest BCUT2D eigenvalue weighted by molar-refractivity contribution is 6.33. The van der Waals surface area contributed by atoms with Crippen molar-refractivity contribution in [3.8, 4) is 0 Å². The summed E-state index contributed by atoms with van der Waals surface area (Å²) in [5.74, 6) is -0.933. The van der Waals surface area contributed by atoms with Crippen molar-refractivity contribution in [2.24, 2.45) is 0 Å². The second-order valence-electron chi connectivity index (χ2n) is 5.47. The summed E-state index contributed by atoms with van der Waals surface area (Å²) in [5, 5.41) is 11.0. The summed E-state index contributed by atoms with van der Waals surface area (Å²) in [7, 11) is 0. The highest BCUT2D eigenvalue weighted by Gasteiger charge is 2.48. The van der Waals surface area contributed by atoms with Crippen molar-refractivity contribution in [1.29, 1.82) is 0 Å². The molecule has 25 heavy (non-hydrogen) atoms. The topological polar surface area (TPSA) is 119 Å². The van der Waals surface area contributed by atoms with Crippen LogP contribution in [0.3, 0.4) is 0 Å². The van der Waals surface area contributed by atoms with Gasteiger partial charge in [0.05, 0.1) is 4.92 Å². The lowest BCUT2D eigenvalue weighted by atomic mass is 9.95. The van der Waals surface area contributed by atoms with E-state index in [2.05, 4.69) is 5.43 Å². The van der Waals surface area contributed by atoms with Crippen molar-refractivity contribution in [2.45, 2.75) is 11.4 Å². The van der Waals surface area contributed by atoms with Crippen LogP contribution in [0.1, 0.15) is 22.0 Å². The van der Waals surface area contributed by atoms with Crippen LogP contribution < -0.4 is 11.2 Å². The van der Waals surface area contributed by atoms with Gasteiger partial charge in [-0.05, 0) is 42.0 Å². The Kier molecular flexibility index (Phi) is 4.28. The van der Waals surface area contributed by atoms with Crippen molar-refractivity contribution in [3.05, 3.63) is 69.8 Å². The number of halogens is 1. The first-order chi connectivity index (χ1) is 11.9. The number of non-ortho nitro benzene ring substituents is 1. The standard InChI is InChI=1S/C16H13ClN4O4/c17-13-14(9-3-7-12(8-4-9)21(24)25)20(16(13)23)19-15(22)10-1-5-11(18)6-2-10/h1-8,13-14H,18H2,(H,19,22). The minimum atomic E-state index is -0.854. The highest BCUT2D eigenvalue weighted by Crippen LogP contribution is 2.37. The molecule has 9 heteroatoms. The molecule has 2 atom stereocenters. The minimum Gasteiger partial charge on any atom is -0.399 e. The Morgan fingerprint density at radius 1 is 1.16 bits per heavy atom. The maximum Gasteiger partial charge on any atom is 0.269 e. The molecule has 1 saturated heterocycles. The monoisotopic (exact) mass is 360 g/mol. The molecule has 1 heterocycles. The van der Waals surface area contributed by atoms with Crippen molar-refractivity contribution in [3.63, 3.8) is 0 Å². The van der Waals surface area contributed by atoms with Gasteiger partial charge >= 0.3 is 0 Å². The number of amides is 2. The summed E-state index contributed by atoms with van der Waals surface area (Å²) in [4.78, 5) is 34.4. The lowest BCUT2D eigenvalue weighted by molar-refractivity contribution is -0.384. The molecular weight excluding hydrogens is 348 g/mol. The average Bonchev–Trinajstić information content (AvgIpc) is 2.61. The lowest BCUT2D eigenvalue weighted by Gasteiger charge is -2.43. The van der Waals surface area contributed by atoms with Crippen molar-refractivity contribution < 1.29 is 14.5 Å². The van der Waals surface area contributed by atoms with Gasteiger partial charge in [-0.1, -0.05) is 0 Å². The van der Waals surface area contributed by atoms with Crippen molar-refractivity contribution in [1.82, 2.24) is 10.4 Å². The Labute approximate surface area is 147 Å². The van der Waals surface area contributed by atoms with Gasteiger partial charge in [-0.25, -0.2) is 5.01 Å². The molecular formula is C16H13ClN4O4. The van der Waals surface area contributed by atoms with E-state index in [4.69, 9.17) is 17.3 Å². The molecule has 0 spiro atoms. The lowest BCUT2D eigenvalue weighted by Crippen LogP contribution is -2.63. The molecule has 3 rings (SSSR count). The number of nitrogens with two attached hydrogens (primary N) is 1. The van der Waals surface area contributed by atoms with Crippen LogP contribution in [-0.2, 0) is 4.79 Å². The number of hydrogen-bond acceptors (Lipinski definition) is 5. The number of alkyl halides is 1. The summed E-state index contributed by atoms with van der Waals surface area (Å²) >= 11 is 6.05. The van der Waals surface area contributed by atoms with Crippen LogP contribution >= 0.6 is 11.6 Å². The molecule has 1 aliphatic heterocycles. The van der Waals surface area contributed by atoms with Crippen LogP contribution in [0.5, 0.6) is 0 Å². The number of rotatable bonds is 4. The quantitative estimate of drug-likeness (QED) is 0.284. The number of nitrogens with one attached hydrogen (secondary N) is 1. The van der Waals surface area contributed by atoms with Gasteiger partial charge in [0.25, 0.3) is 17.5 Å². The highest BCUT2D eigenvalue weighted by atomic mass is 35.5. The first kappa shape index (κ1) is 16.7. The summed E-state index contributed by atoms with van der Waals surface area (Å²) in [6.45, 7) is 0. The van der Waals surface area contributed by atoms with E-state index in [1.54, 1.807) is 12.1 Å². The number of carbonyl (C=O) groups is 2. The average molecular weight is 361 g/mol. The largest absolute Gasteiger partial charge is 0.399 e. The van der Waals surface area contributed by atoms with Gasteiger partial charge < -0.3 is 5.73 Å². The van der Waals surface area contributed by atoms with Crippen molar-refractivity contribution >= 4 is 34.8 Å². The summed E-state index contributed by atoms with van der Waals surface area (Å²) in [6.07, 6.45) is 0. The van der Waals surface area contributed by atoms with Gasteiger partial charge in [0, 0.05) is 23.4 Å². The third kappa shape index (κ3) is 3.11. The number of benzene rings is 2. The third-order valence-corrected chi connectivity index (χ3v) is 4.29. The molecule has 2 aromatic rings. The molecule has 0 radical (unpaired) electrons. The predicted molar refractivity (Wildman–Crippen MR) is 90.6 cm³/mol. The predicted octanol–water partition coefficient (Wildman–Crippen LogP) is 2.01. The zero-order valence-corrected chi connectivity index (χ0v) is 13.5. The first-order valence-electron chi connectivity index (χ1n) is 7.26. The second-order valence-corrected chi connectivity index (χ2v) is 5.94. The van der Waals surface area contributed by atoms with E-state index in [1.807, 2.05) is 0 Å². The zero-order valence-electron chi connectivity index (χ0n) is 12.8. The number of anilines is 1. The number of nitrogen functional groups attached to an aromatic ring is 1. The number of nitro benzene ring substituents is 1. The van der Waals surface area contributed by atoms with E-state index in [9.17, 15) is 19.7 Å². The number of nitro groups is 1. The van der Waals surface area contributed by atoms with E-state index in [1.165, 1.54) is 36.4 Å².